The second-order valence-corrected chi connectivity index (χ2v) is 6.31. The summed E-state index contributed by atoms with van der Waals surface area (Å²) in [5.41, 5.74) is 1.76. The molecular formula is C21H22N2O5. The number of carbonyl (C=O) groups excluding carboxylic acids is 3. The van der Waals surface area contributed by atoms with Crippen molar-refractivity contribution in [2.45, 2.75) is 26.2 Å². The average Bonchev–Trinajstić information content (AvgIpc) is 2.73. The van der Waals surface area contributed by atoms with E-state index in [2.05, 4.69) is 10.6 Å². The van der Waals surface area contributed by atoms with Gasteiger partial charge in [-0.25, -0.2) is 0 Å². The molecule has 2 N–H and O–H groups in total. The molecule has 0 bridgehead atoms. The van der Waals surface area contributed by atoms with E-state index in [0.717, 1.165) is 0 Å². The maximum atomic E-state index is 12.3. The number of hydrogen-bond donors (Lipinski definition) is 2. The van der Waals surface area contributed by atoms with Crippen LogP contribution < -0.4 is 20.1 Å². The van der Waals surface area contributed by atoms with Crippen molar-refractivity contribution in [3.8, 4) is 11.5 Å². The molecular weight excluding hydrogens is 360 g/mol. The molecule has 1 aliphatic rings. The molecule has 2 aromatic carbocycles. The molecule has 3 rings (SSSR count). The molecule has 0 unspecified atom stereocenters. The van der Waals surface area contributed by atoms with Crippen LogP contribution in [0.25, 0.3) is 0 Å². The Kier molecular flexibility index (Phi) is 6.26. The Morgan fingerprint density at radius 1 is 0.821 bits per heavy atom. The van der Waals surface area contributed by atoms with Gasteiger partial charge in [0.1, 0.15) is 13.2 Å². The second-order valence-electron chi connectivity index (χ2n) is 6.31. The summed E-state index contributed by atoms with van der Waals surface area (Å²) in [6.07, 6.45) is 0.563. The molecule has 0 spiro atoms. The molecule has 0 aliphatic carbocycles. The van der Waals surface area contributed by atoms with Gasteiger partial charge < -0.3 is 20.1 Å². The van der Waals surface area contributed by atoms with E-state index in [-0.39, 0.29) is 30.4 Å². The van der Waals surface area contributed by atoms with Gasteiger partial charge in [0.25, 0.3) is 0 Å². The van der Waals surface area contributed by atoms with Gasteiger partial charge in [-0.3, -0.25) is 14.4 Å². The van der Waals surface area contributed by atoms with Crippen LogP contribution in [0.15, 0.2) is 42.5 Å². The molecule has 0 fully saturated rings. The van der Waals surface area contributed by atoms with Crippen molar-refractivity contribution in [2.75, 3.05) is 23.8 Å². The smallest absolute Gasteiger partial charge is 0.224 e. The van der Waals surface area contributed by atoms with Crippen LogP contribution in [0.3, 0.4) is 0 Å². The third-order valence-corrected chi connectivity index (χ3v) is 4.22. The molecule has 0 radical (unpaired) electrons. The Morgan fingerprint density at radius 2 is 1.43 bits per heavy atom. The van der Waals surface area contributed by atoms with Crippen LogP contribution in [0, 0.1) is 0 Å². The predicted molar refractivity (Wildman–Crippen MR) is 105 cm³/mol. The van der Waals surface area contributed by atoms with E-state index >= 15 is 0 Å². The molecule has 2 aromatic rings. The van der Waals surface area contributed by atoms with Crippen molar-refractivity contribution in [1.29, 1.82) is 0 Å². The van der Waals surface area contributed by atoms with E-state index in [9.17, 15) is 14.4 Å². The number of benzene rings is 2. The van der Waals surface area contributed by atoms with E-state index in [4.69, 9.17) is 9.47 Å². The molecule has 2 amide bonds. The predicted octanol–water partition coefficient (Wildman–Crippen LogP) is 3.41. The zero-order valence-corrected chi connectivity index (χ0v) is 15.6. The number of anilines is 2. The molecule has 0 saturated heterocycles. The molecule has 7 nitrogen and oxygen atoms in total. The van der Waals surface area contributed by atoms with Gasteiger partial charge in [-0.15, -0.1) is 0 Å². The van der Waals surface area contributed by atoms with Crippen molar-refractivity contribution in [2.24, 2.45) is 0 Å². The number of nitrogens with one attached hydrogen (secondary N) is 2. The summed E-state index contributed by atoms with van der Waals surface area (Å²) < 4.78 is 10.9. The van der Waals surface area contributed by atoms with Crippen LogP contribution in [0.5, 0.6) is 11.5 Å². The lowest BCUT2D eigenvalue weighted by Gasteiger charge is -2.18. The van der Waals surface area contributed by atoms with Crippen LogP contribution in [0.1, 0.15) is 36.5 Å². The summed E-state index contributed by atoms with van der Waals surface area (Å²) in [7, 11) is 0. The van der Waals surface area contributed by atoms with Gasteiger partial charge in [0.05, 0.1) is 0 Å². The Morgan fingerprint density at radius 3 is 2.07 bits per heavy atom. The number of ether oxygens (including phenoxy) is 2. The first-order valence-electron chi connectivity index (χ1n) is 9.18. The van der Waals surface area contributed by atoms with Crippen LogP contribution in [0.4, 0.5) is 11.4 Å². The zero-order chi connectivity index (χ0) is 19.9. The normalized spacial score (nSPS) is 12.2. The summed E-state index contributed by atoms with van der Waals surface area (Å²) >= 11 is 0. The van der Waals surface area contributed by atoms with E-state index < -0.39 is 0 Å². The molecule has 1 heterocycles. The first kappa shape index (κ1) is 19.4. The number of Topliss-reactive ketones (excluding diaryl/α,β-unsaturated/α-hetero) is 1. The van der Waals surface area contributed by atoms with Crippen molar-refractivity contribution in [3.05, 3.63) is 48.0 Å². The van der Waals surface area contributed by atoms with Crippen LogP contribution in [-0.4, -0.2) is 30.8 Å². The van der Waals surface area contributed by atoms with Crippen LogP contribution >= 0.6 is 0 Å². The maximum absolute atomic E-state index is 12.3. The highest BCUT2D eigenvalue weighted by Crippen LogP contribution is 2.31. The van der Waals surface area contributed by atoms with E-state index in [1.54, 1.807) is 49.4 Å². The van der Waals surface area contributed by atoms with Crippen LogP contribution in [-0.2, 0) is 9.59 Å². The van der Waals surface area contributed by atoms with E-state index in [0.29, 0.717) is 48.1 Å². The Bertz CT molecular complexity index is 877. The molecule has 146 valence electrons. The number of rotatable bonds is 7. The average molecular weight is 382 g/mol. The number of ketones is 1. The molecule has 1 aliphatic heterocycles. The van der Waals surface area contributed by atoms with Gasteiger partial charge in [0.15, 0.2) is 17.3 Å². The zero-order valence-electron chi connectivity index (χ0n) is 15.6. The fourth-order valence-electron chi connectivity index (χ4n) is 2.70. The Labute approximate surface area is 163 Å². The summed E-state index contributed by atoms with van der Waals surface area (Å²) in [4.78, 5) is 35.8. The summed E-state index contributed by atoms with van der Waals surface area (Å²) in [5.74, 6) is 0.714. The van der Waals surface area contributed by atoms with Crippen LogP contribution in [0.2, 0.25) is 0 Å². The summed E-state index contributed by atoms with van der Waals surface area (Å²) in [6.45, 7) is 2.72. The molecule has 0 aromatic heterocycles. The first-order chi connectivity index (χ1) is 13.5. The highest BCUT2D eigenvalue weighted by molar-refractivity contribution is 6.00. The van der Waals surface area contributed by atoms with Gasteiger partial charge >= 0.3 is 0 Å². The summed E-state index contributed by atoms with van der Waals surface area (Å²) in [6, 6.07) is 11.9. The monoisotopic (exact) mass is 382 g/mol. The van der Waals surface area contributed by atoms with Gasteiger partial charge in [-0.2, -0.15) is 0 Å². The largest absolute Gasteiger partial charge is 0.486 e. The van der Waals surface area contributed by atoms with Gasteiger partial charge in [0, 0.05) is 36.2 Å². The number of carbonyl (C=O) groups is 3. The minimum Gasteiger partial charge on any atom is -0.486 e. The third kappa shape index (κ3) is 5.09. The summed E-state index contributed by atoms with van der Waals surface area (Å²) in [5, 5.41) is 5.48. The second kappa shape index (κ2) is 9.03. The fraction of sp³-hybridized carbons (Fsp3) is 0.286. The minimum absolute atomic E-state index is 0.0710. The van der Waals surface area contributed by atoms with E-state index in [1.165, 1.54) is 0 Å². The van der Waals surface area contributed by atoms with E-state index in [1.807, 2.05) is 0 Å². The standard InChI is InChI=1S/C21H22N2O5/c1-2-20(25)22-15-4-6-16(7-5-15)23-21(26)10-8-17(24)14-3-9-18-19(13-14)28-12-11-27-18/h3-7,9,13H,2,8,10-12H2,1H3,(H,22,25)(H,23,26). The van der Waals surface area contributed by atoms with Crippen molar-refractivity contribution >= 4 is 29.0 Å². The number of amides is 2. The maximum Gasteiger partial charge on any atom is 0.224 e. The Balaban J connectivity index is 1.50. The lowest BCUT2D eigenvalue weighted by molar-refractivity contribution is -0.116. The topological polar surface area (TPSA) is 93.7 Å². The SMILES string of the molecule is CCC(=O)Nc1ccc(NC(=O)CCC(=O)c2ccc3c(c2)OCCO3)cc1. The molecule has 0 atom stereocenters. The Hall–Kier alpha value is -3.35. The van der Waals surface area contributed by atoms with Gasteiger partial charge in [0.2, 0.25) is 11.8 Å². The quantitative estimate of drug-likeness (QED) is 0.716. The molecule has 7 heteroatoms. The third-order valence-electron chi connectivity index (χ3n) is 4.22. The lowest BCUT2D eigenvalue weighted by atomic mass is 10.1. The lowest BCUT2D eigenvalue weighted by Crippen LogP contribution is -2.16. The van der Waals surface area contributed by atoms with Gasteiger partial charge in [-0.1, -0.05) is 6.92 Å². The van der Waals surface area contributed by atoms with Crippen molar-refractivity contribution in [1.82, 2.24) is 0 Å². The fourth-order valence-corrected chi connectivity index (χ4v) is 2.70. The molecule has 0 saturated carbocycles. The van der Waals surface area contributed by atoms with Crippen molar-refractivity contribution in [3.63, 3.8) is 0 Å². The minimum atomic E-state index is -0.253. The highest BCUT2D eigenvalue weighted by atomic mass is 16.6. The highest BCUT2D eigenvalue weighted by Gasteiger charge is 2.16. The van der Waals surface area contributed by atoms with Crippen molar-refractivity contribution < 1.29 is 23.9 Å². The van der Waals surface area contributed by atoms with Gasteiger partial charge in [-0.05, 0) is 42.5 Å². The number of fused-ring (bicyclic) bond motifs is 1. The number of hydrogen-bond acceptors (Lipinski definition) is 5. The first-order valence-corrected chi connectivity index (χ1v) is 9.18. The molecule has 28 heavy (non-hydrogen) atoms.